The van der Waals surface area contributed by atoms with E-state index in [0.29, 0.717) is 5.15 Å². The van der Waals surface area contributed by atoms with Crippen LogP contribution in [0.25, 0.3) is 0 Å². The van der Waals surface area contributed by atoms with Gasteiger partial charge in [-0.2, -0.15) is 0 Å². The van der Waals surface area contributed by atoms with Crippen LogP contribution < -0.4 is 5.32 Å². The summed E-state index contributed by atoms with van der Waals surface area (Å²) < 4.78 is 0. The fourth-order valence-corrected chi connectivity index (χ4v) is 2.54. The molecule has 74 valence electrons. The maximum absolute atomic E-state index is 5.70. The quantitative estimate of drug-likeness (QED) is 0.903. The standard InChI is InChI=1S/C8H8ClN3S2/c1-5-6(14-4-11-5)2-10-8-12-7(9)3-13-8/h3-4H,2H2,1H3,(H,10,12). The molecule has 0 aliphatic rings. The van der Waals surface area contributed by atoms with Crippen molar-refractivity contribution in [2.45, 2.75) is 13.5 Å². The van der Waals surface area contributed by atoms with Gasteiger partial charge in [0.25, 0.3) is 0 Å². The molecule has 0 amide bonds. The van der Waals surface area contributed by atoms with Crippen molar-refractivity contribution in [2.75, 3.05) is 5.32 Å². The molecule has 0 unspecified atom stereocenters. The minimum Gasteiger partial charge on any atom is -0.357 e. The Balaban J connectivity index is 1.98. The fourth-order valence-electron chi connectivity index (χ4n) is 0.987. The lowest BCUT2D eigenvalue weighted by Crippen LogP contribution is -1.98. The smallest absolute Gasteiger partial charge is 0.184 e. The molecule has 0 aromatic carbocycles. The molecule has 0 spiro atoms. The molecule has 14 heavy (non-hydrogen) atoms. The van der Waals surface area contributed by atoms with Crippen molar-refractivity contribution in [3.8, 4) is 0 Å². The predicted octanol–water partition coefficient (Wildman–Crippen LogP) is 3.17. The minimum absolute atomic E-state index is 0.540. The Kier molecular flexibility index (Phi) is 3.00. The topological polar surface area (TPSA) is 37.8 Å². The molecule has 2 aromatic heterocycles. The molecule has 0 saturated heterocycles. The van der Waals surface area contributed by atoms with E-state index >= 15 is 0 Å². The Morgan fingerprint density at radius 3 is 2.93 bits per heavy atom. The van der Waals surface area contributed by atoms with E-state index in [4.69, 9.17) is 11.6 Å². The van der Waals surface area contributed by atoms with Gasteiger partial charge in [-0.15, -0.1) is 22.7 Å². The average Bonchev–Trinajstić information content (AvgIpc) is 2.72. The number of hydrogen-bond donors (Lipinski definition) is 1. The van der Waals surface area contributed by atoms with Gasteiger partial charge in [0.05, 0.1) is 17.7 Å². The van der Waals surface area contributed by atoms with Crippen LogP contribution in [0.1, 0.15) is 10.6 Å². The molecule has 0 bridgehead atoms. The maximum atomic E-state index is 5.70. The number of hydrogen-bond acceptors (Lipinski definition) is 5. The number of nitrogens with one attached hydrogen (secondary N) is 1. The van der Waals surface area contributed by atoms with E-state index in [1.807, 2.05) is 17.8 Å². The lowest BCUT2D eigenvalue weighted by atomic mass is 10.4. The minimum atomic E-state index is 0.540. The largest absolute Gasteiger partial charge is 0.357 e. The van der Waals surface area contributed by atoms with Gasteiger partial charge >= 0.3 is 0 Å². The molecule has 1 N–H and O–H groups in total. The monoisotopic (exact) mass is 245 g/mol. The highest BCUT2D eigenvalue weighted by Gasteiger charge is 2.02. The van der Waals surface area contributed by atoms with E-state index in [-0.39, 0.29) is 0 Å². The van der Waals surface area contributed by atoms with Gasteiger partial charge in [-0.25, -0.2) is 9.97 Å². The molecule has 0 atom stereocenters. The van der Waals surface area contributed by atoms with Crippen LogP contribution in [0, 0.1) is 6.92 Å². The van der Waals surface area contributed by atoms with E-state index < -0.39 is 0 Å². The molecule has 6 heteroatoms. The van der Waals surface area contributed by atoms with Crippen molar-refractivity contribution in [2.24, 2.45) is 0 Å². The van der Waals surface area contributed by atoms with Crippen molar-refractivity contribution in [3.05, 3.63) is 26.6 Å². The van der Waals surface area contributed by atoms with E-state index in [1.165, 1.54) is 16.2 Å². The number of anilines is 1. The lowest BCUT2D eigenvalue weighted by molar-refractivity contribution is 1.11. The summed E-state index contributed by atoms with van der Waals surface area (Å²) in [5, 5.41) is 6.40. The van der Waals surface area contributed by atoms with Crippen LogP contribution in [0.5, 0.6) is 0 Å². The second kappa shape index (κ2) is 4.25. The summed E-state index contributed by atoms with van der Waals surface area (Å²) in [4.78, 5) is 9.50. The zero-order valence-electron chi connectivity index (χ0n) is 7.45. The molecule has 0 aliphatic heterocycles. The first-order valence-corrected chi connectivity index (χ1v) is 6.13. The Morgan fingerprint density at radius 2 is 2.36 bits per heavy atom. The molecular formula is C8H8ClN3S2. The van der Waals surface area contributed by atoms with Crippen molar-refractivity contribution in [1.82, 2.24) is 9.97 Å². The Hall–Kier alpha value is -0.650. The first kappa shape index (κ1) is 9.89. The van der Waals surface area contributed by atoms with Crippen molar-refractivity contribution in [1.29, 1.82) is 0 Å². The highest BCUT2D eigenvalue weighted by molar-refractivity contribution is 7.14. The third kappa shape index (κ3) is 2.23. The maximum Gasteiger partial charge on any atom is 0.184 e. The van der Waals surface area contributed by atoms with Gasteiger partial charge in [-0.1, -0.05) is 11.6 Å². The molecule has 0 aliphatic carbocycles. The summed E-state index contributed by atoms with van der Waals surface area (Å²) in [5.41, 5.74) is 2.92. The predicted molar refractivity (Wildman–Crippen MR) is 61.3 cm³/mol. The summed E-state index contributed by atoms with van der Waals surface area (Å²) in [6.45, 7) is 2.77. The molecule has 2 aromatic rings. The van der Waals surface area contributed by atoms with Crippen LogP contribution in [-0.4, -0.2) is 9.97 Å². The van der Waals surface area contributed by atoms with Gasteiger partial charge in [0.15, 0.2) is 5.13 Å². The summed E-state index contributed by atoms with van der Waals surface area (Å²) in [7, 11) is 0. The van der Waals surface area contributed by atoms with E-state index in [2.05, 4.69) is 15.3 Å². The van der Waals surface area contributed by atoms with Crippen LogP contribution in [0.2, 0.25) is 5.15 Å². The number of aryl methyl sites for hydroxylation is 1. The number of thiazole rings is 2. The number of rotatable bonds is 3. The van der Waals surface area contributed by atoms with Gasteiger partial charge in [0, 0.05) is 10.3 Å². The average molecular weight is 246 g/mol. The first-order chi connectivity index (χ1) is 6.75. The number of nitrogens with zero attached hydrogens (tertiary/aromatic N) is 2. The second-order valence-electron chi connectivity index (χ2n) is 2.69. The number of aromatic nitrogens is 2. The van der Waals surface area contributed by atoms with Crippen LogP contribution in [0.4, 0.5) is 5.13 Å². The zero-order valence-corrected chi connectivity index (χ0v) is 9.84. The number of halogens is 1. The van der Waals surface area contributed by atoms with Gasteiger partial charge in [0.2, 0.25) is 0 Å². The molecule has 2 rings (SSSR count). The summed E-state index contributed by atoms with van der Waals surface area (Å²) in [5.74, 6) is 0. The van der Waals surface area contributed by atoms with E-state index in [1.54, 1.807) is 11.3 Å². The Bertz CT molecular complexity index is 424. The van der Waals surface area contributed by atoms with Gasteiger partial charge in [0.1, 0.15) is 5.15 Å². The first-order valence-electron chi connectivity index (χ1n) is 3.99. The van der Waals surface area contributed by atoms with Crippen LogP contribution in [-0.2, 0) is 6.54 Å². The summed E-state index contributed by atoms with van der Waals surface area (Å²) in [6.07, 6.45) is 0. The highest BCUT2D eigenvalue weighted by atomic mass is 35.5. The van der Waals surface area contributed by atoms with Gasteiger partial charge in [-0.05, 0) is 6.92 Å². The SMILES string of the molecule is Cc1ncsc1CNc1nc(Cl)cs1. The van der Waals surface area contributed by atoms with Crippen LogP contribution in [0.15, 0.2) is 10.9 Å². The molecule has 0 saturated carbocycles. The highest BCUT2D eigenvalue weighted by Crippen LogP contribution is 2.20. The third-order valence-electron chi connectivity index (χ3n) is 1.72. The van der Waals surface area contributed by atoms with Crippen LogP contribution in [0.3, 0.4) is 0 Å². The van der Waals surface area contributed by atoms with E-state index in [9.17, 15) is 0 Å². The normalized spacial score (nSPS) is 10.4. The molecule has 3 nitrogen and oxygen atoms in total. The molecule has 0 fully saturated rings. The van der Waals surface area contributed by atoms with E-state index in [0.717, 1.165) is 17.4 Å². The van der Waals surface area contributed by atoms with Gasteiger partial charge in [-0.3, -0.25) is 0 Å². The van der Waals surface area contributed by atoms with Crippen LogP contribution >= 0.6 is 34.3 Å². The lowest BCUT2D eigenvalue weighted by Gasteiger charge is -1.99. The van der Waals surface area contributed by atoms with Crippen molar-refractivity contribution >= 4 is 39.4 Å². The zero-order chi connectivity index (χ0) is 9.97. The third-order valence-corrected chi connectivity index (χ3v) is 3.78. The molecular weight excluding hydrogens is 238 g/mol. The fraction of sp³-hybridized carbons (Fsp3) is 0.250. The Labute approximate surface area is 94.8 Å². The molecule has 2 heterocycles. The second-order valence-corrected chi connectivity index (χ2v) is 4.87. The van der Waals surface area contributed by atoms with Crippen molar-refractivity contribution in [3.63, 3.8) is 0 Å². The van der Waals surface area contributed by atoms with Gasteiger partial charge < -0.3 is 5.32 Å². The summed E-state index contributed by atoms with van der Waals surface area (Å²) >= 11 is 8.86. The molecule has 0 radical (unpaired) electrons. The van der Waals surface area contributed by atoms with Crippen molar-refractivity contribution < 1.29 is 0 Å². The summed E-state index contributed by atoms with van der Waals surface area (Å²) in [6, 6.07) is 0. The Morgan fingerprint density at radius 1 is 1.50 bits per heavy atom.